The van der Waals surface area contributed by atoms with Crippen LogP contribution in [-0.2, 0) is 9.59 Å². The number of aliphatic carboxylic acids is 1. The van der Waals surface area contributed by atoms with E-state index in [1.165, 1.54) is 0 Å². The van der Waals surface area contributed by atoms with Gasteiger partial charge in [-0.25, -0.2) is 4.79 Å². The Kier molecular flexibility index (Phi) is 4.09. The smallest absolute Gasteiger partial charge is 0.330 e. The topological polar surface area (TPSA) is 92.4 Å². The second kappa shape index (κ2) is 5.16. The van der Waals surface area contributed by atoms with Crippen LogP contribution >= 0.6 is 11.6 Å². The highest BCUT2D eigenvalue weighted by Crippen LogP contribution is 2.27. The standard InChI is InChI=1S/C11H13ClN2O3/c1-5-3-6(2)9(7(12)4-5)14-10(15)8(13)11(16)17/h3-4,8H,13H2,1-2H3,(H,14,15)(H,16,17). The lowest BCUT2D eigenvalue weighted by atomic mass is 10.1. The summed E-state index contributed by atoms with van der Waals surface area (Å²) in [5, 5.41) is 11.4. The van der Waals surface area contributed by atoms with E-state index in [9.17, 15) is 9.59 Å². The van der Waals surface area contributed by atoms with Crippen LogP contribution in [0.1, 0.15) is 11.1 Å². The van der Waals surface area contributed by atoms with Crippen LogP contribution in [0.2, 0.25) is 5.02 Å². The normalized spacial score (nSPS) is 12.0. The molecular formula is C11H13ClN2O3. The van der Waals surface area contributed by atoms with Crippen molar-refractivity contribution in [2.45, 2.75) is 19.9 Å². The Bertz CT molecular complexity index is 451. The molecule has 0 saturated heterocycles. The van der Waals surface area contributed by atoms with E-state index in [0.29, 0.717) is 10.7 Å². The zero-order valence-electron chi connectivity index (χ0n) is 9.45. The van der Waals surface area contributed by atoms with Crippen molar-refractivity contribution in [1.29, 1.82) is 0 Å². The van der Waals surface area contributed by atoms with E-state index in [4.69, 9.17) is 22.4 Å². The van der Waals surface area contributed by atoms with E-state index in [1.54, 1.807) is 13.0 Å². The Morgan fingerprint density at radius 1 is 1.41 bits per heavy atom. The molecule has 0 aliphatic rings. The van der Waals surface area contributed by atoms with Gasteiger partial charge < -0.3 is 16.2 Å². The Labute approximate surface area is 104 Å². The van der Waals surface area contributed by atoms with Gasteiger partial charge in [0, 0.05) is 0 Å². The van der Waals surface area contributed by atoms with Crippen molar-refractivity contribution < 1.29 is 14.7 Å². The molecule has 1 aromatic carbocycles. The highest BCUT2D eigenvalue weighted by atomic mass is 35.5. The highest BCUT2D eigenvalue weighted by Gasteiger charge is 2.22. The molecular weight excluding hydrogens is 244 g/mol. The summed E-state index contributed by atoms with van der Waals surface area (Å²) in [6, 6.07) is 1.90. The molecule has 0 aliphatic carbocycles. The van der Waals surface area contributed by atoms with Crippen molar-refractivity contribution in [1.82, 2.24) is 0 Å². The van der Waals surface area contributed by atoms with Crippen LogP contribution in [0, 0.1) is 13.8 Å². The molecule has 1 atom stereocenters. The van der Waals surface area contributed by atoms with Crippen molar-refractivity contribution in [3.8, 4) is 0 Å². The first-order valence-electron chi connectivity index (χ1n) is 4.89. The number of carboxylic acids is 1. The number of carbonyl (C=O) groups excluding carboxylic acids is 1. The lowest BCUT2D eigenvalue weighted by Crippen LogP contribution is -2.42. The van der Waals surface area contributed by atoms with Crippen LogP contribution in [0.5, 0.6) is 0 Å². The van der Waals surface area contributed by atoms with Crippen LogP contribution in [0.25, 0.3) is 0 Å². The van der Waals surface area contributed by atoms with E-state index in [2.05, 4.69) is 5.32 Å². The van der Waals surface area contributed by atoms with Gasteiger partial charge in [-0.05, 0) is 31.0 Å². The minimum absolute atomic E-state index is 0.355. The van der Waals surface area contributed by atoms with Gasteiger partial charge in [0.25, 0.3) is 5.91 Å². The third-order valence-corrected chi connectivity index (χ3v) is 2.53. The summed E-state index contributed by atoms with van der Waals surface area (Å²) in [4.78, 5) is 22.0. The molecule has 1 aromatic rings. The third-order valence-electron chi connectivity index (χ3n) is 2.23. The maximum Gasteiger partial charge on any atom is 0.330 e. The fraction of sp³-hybridized carbons (Fsp3) is 0.273. The van der Waals surface area contributed by atoms with Crippen molar-refractivity contribution in [2.24, 2.45) is 5.73 Å². The van der Waals surface area contributed by atoms with Crippen molar-refractivity contribution in [3.63, 3.8) is 0 Å². The van der Waals surface area contributed by atoms with E-state index in [1.807, 2.05) is 13.0 Å². The highest BCUT2D eigenvalue weighted by molar-refractivity contribution is 6.34. The number of halogens is 1. The number of amides is 1. The van der Waals surface area contributed by atoms with Gasteiger partial charge in [0.2, 0.25) is 0 Å². The van der Waals surface area contributed by atoms with Gasteiger partial charge in [-0.1, -0.05) is 17.7 Å². The summed E-state index contributed by atoms with van der Waals surface area (Å²) < 4.78 is 0. The molecule has 6 heteroatoms. The molecule has 4 N–H and O–H groups in total. The maximum absolute atomic E-state index is 11.5. The van der Waals surface area contributed by atoms with Crippen molar-refractivity contribution in [3.05, 3.63) is 28.3 Å². The van der Waals surface area contributed by atoms with E-state index < -0.39 is 17.9 Å². The first kappa shape index (κ1) is 13.5. The number of rotatable bonds is 3. The Morgan fingerprint density at radius 3 is 2.47 bits per heavy atom. The number of aryl methyl sites for hydroxylation is 2. The average molecular weight is 257 g/mol. The van der Waals surface area contributed by atoms with Gasteiger partial charge in [-0.2, -0.15) is 0 Å². The Morgan fingerprint density at radius 2 is 2.00 bits per heavy atom. The molecule has 1 unspecified atom stereocenters. The number of carbonyl (C=O) groups is 2. The number of anilines is 1. The quantitative estimate of drug-likeness (QED) is 0.711. The molecule has 92 valence electrons. The van der Waals surface area contributed by atoms with Gasteiger partial charge >= 0.3 is 5.97 Å². The van der Waals surface area contributed by atoms with Crippen LogP contribution in [0.15, 0.2) is 12.1 Å². The van der Waals surface area contributed by atoms with Crippen LogP contribution in [0.4, 0.5) is 5.69 Å². The van der Waals surface area contributed by atoms with Crippen LogP contribution in [-0.4, -0.2) is 23.0 Å². The Balaban J connectivity index is 2.96. The molecule has 1 rings (SSSR count). The second-order valence-electron chi connectivity index (χ2n) is 3.74. The molecule has 1 amide bonds. The fourth-order valence-corrected chi connectivity index (χ4v) is 1.76. The molecule has 0 heterocycles. The average Bonchev–Trinajstić information content (AvgIpc) is 2.21. The predicted octanol–water partition coefficient (Wildman–Crippen LogP) is 1.31. The zero-order valence-corrected chi connectivity index (χ0v) is 10.2. The molecule has 0 bridgehead atoms. The SMILES string of the molecule is Cc1cc(C)c(NC(=O)C(N)C(=O)O)c(Cl)c1. The van der Waals surface area contributed by atoms with Crippen LogP contribution < -0.4 is 11.1 Å². The first-order valence-corrected chi connectivity index (χ1v) is 5.26. The number of hydrogen-bond donors (Lipinski definition) is 3. The van der Waals surface area contributed by atoms with Gasteiger partial charge in [-0.3, -0.25) is 4.79 Å². The minimum atomic E-state index is -1.60. The summed E-state index contributed by atoms with van der Waals surface area (Å²) in [7, 11) is 0. The number of carboxylic acid groups (broad SMARTS) is 1. The maximum atomic E-state index is 11.5. The first-order chi connectivity index (χ1) is 7.82. The second-order valence-corrected chi connectivity index (χ2v) is 4.15. The summed E-state index contributed by atoms with van der Waals surface area (Å²) in [5.41, 5.74) is 7.27. The van der Waals surface area contributed by atoms with Crippen molar-refractivity contribution in [2.75, 3.05) is 5.32 Å². The number of hydrogen-bond acceptors (Lipinski definition) is 3. The monoisotopic (exact) mass is 256 g/mol. The van der Waals surface area contributed by atoms with E-state index >= 15 is 0 Å². The van der Waals surface area contributed by atoms with Gasteiger partial charge in [-0.15, -0.1) is 0 Å². The largest absolute Gasteiger partial charge is 0.480 e. The number of nitrogens with one attached hydrogen (secondary N) is 1. The summed E-state index contributed by atoms with van der Waals surface area (Å²) in [6.07, 6.45) is 0. The minimum Gasteiger partial charge on any atom is -0.480 e. The van der Waals surface area contributed by atoms with Gasteiger partial charge in [0.05, 0.1) is 10.7 Å². The molecule has 17 heavy (non-hydrogen) atoms. The molecule has 0 aliphatic heterocycles. The molecule has 5 nitrogen and oxygen atoms in total. The van der Waals surface area contributed by atoms with Crippen molar-refractivity contribution >= 4 is 29.2 Å². The van der Waals surface area contributed by atoms with E-state index in [0.717, 1.165) is 11.1 Å². The van der Waals surface area contributed by atoms with Gasteiger partial charge in [0.1, 0.15) is 0 Å². The van der Waals surface area contributed by atoms with Gasteiger partial charge in [0.15, 0.2) is 6.04 Å². The summed E-state index contributed by atoms with van der Waals surface area (Å²) in [6.45, 7) is 3.63. The molecule has 0 fully saturated rings. The molecule has 0 spiro atoms. The molecule has 0 aromatic heterocycles. The fourth-order valence-electron chi connectivity index (χ4n) is 1.39. The van der Waals surface area contributed by atoms with E-state index in [-0.39, 0.29) is 0 Å². The summed E-state index contributed by atoms with van der Waals surface area (Å²) in [5.74, 6) is -2.19. The molecule has 0 saturated carbocycles. The molecule has 0 radical (unpaired) electrons. The van der Waals surface area contributed by atoms with Crippen LogP contribution in [0.3, 0.4) is 0 Å². The number of nitrogens with two attached hydrogens (primary N) is 1. The third kappa shape index (κ3) is 3.18. The summed E-state index contributed by atoms with van der Waals surface area (Å²) >= 11 is 5.96. The predicted molar refractivity (Wildman–Crippen MR) is 65.2 cm³/mol. The zero-order chi connectivity index (χ0) is 13.2. The lowest BCUT2D eigenvalue weighted by molar-refractivity contribution is -0.141. The lowest BCUT2D eigenvalue weighted by Gasteiger charge is -2.13. The Hall–Kier alpha value is -1.59. The number of benzene rings is 1.